The molecule has 3 aromatic rings. The van der Waals surface area contributed by atoms with E-state index in [4.69, 9.17) is 11.6 Å². The van der Waals surface area contributed by atoms with Gasteiger partial charge in [-0.05, 0) is 18.6 Å². The van der Waals surface area contributed by atoms with Crippen LogP contribution in [-0.2, 0) is 19.6 Å². The molecule has 1 heterocycles. The van der Waals surface area contributed by atoms with Crippen LogP contribution in [0.5, 0.6) is 5.75 Å². The van der Waals surface area contributed by atoms with E-state index >= 15 is 0 Å². The fraction of sp³-hybridized carbons (Fsp3) is 0.250. The van der Waals surface area contributed by atoms with Crippen molar-refractivity contribution in [1.29, 1.82) is 0 Å². The zero-order valence-electron chi connectivity index (χ0n) is 15.1. The molecule has 2 aromatic carbocycles. The third-order valence-electron chi connectivity index (χ3n) is 4.17. The summed E-state index contributed by atoms with van der Waals surface area (Å²) in [5.41, 5.74) is 3.06. The lowest BCUT2D eigenvalue weighted by atomic mass is 10.2. The van der Waals surface area contributed by atoms with Crippen molar-refractivity contribution in [2.75, 3.05) is 0 Å². The highest BCUT2D eigenvalue weighted by atomic mass is 35.5. The van der Waals surface area contributed by atoms with E-state index in [9.17, 15) is 13.2 Å². The maximum Gasteiger partial charge on any atom is 0.573 e. The number of aromatic nitrogens is 2. The van der Waals surface area contributed by atoms with Crippen LogP contribution in [0.1, 0.15) is 22.4 Å². The summed E-state index contributed by atoms with van der Waals surface area (Å²) >= 11 is 6.47. The Hall–Kier alpha value is -2.51. The van der Waals surface area contributed by atoms with Crippen LogP contribution < -0.4 is 10.1 Å². The van der Waals surface area contributed by atoms with Gasteiger partial charge in [0.2, 0.25) is 0 Å². The van der Waals surface area contributed by atoms with Crippen LogP contribution in [0.25, 0.3) is 0 Å². The van der Waals surface area contributed by atoms with Crippen LogP contribution in [0.2, 0.25) is 5.15 Å². The molecule has 0 fully saturated rings. The van der Waals surface area contributed by atoms with Crippen LogP contribution in [0, 0.1) is 6.92 Å². The largest absolute Gasteiger partial charge is 0.573 e. The number of benzene rings is 2. The van der Waals surface area contributed by atoms with Crippen molar-refractivity contribution in [3.8, 4) is 5.75 Å². The van der Waals surface area contributed by atoms with Crippen LogP contribution in [-0.4, -0.2) is 16.1 Å². The summed E-state index contributed by atoms with van der Waals surface area (Å²) in [6, 6.07) is 15.9. The summed E-state index contributed by atoms with van der Waals surface area (Å²) in [6.07, 6.45) is -4.73. The second kappa shape index (κ2) is 8.67. The van der Waals surface area contributed by atoms with Crippen molar-refractivity contribution in [2.24, 2.45) is 0 Å². The summed E-state index contributed by atoms with van der Waals surface area (Å²) < 4.78 is 43.4. The minimum atomic E-state index is -4.73. The van der Waals surface area contributed by atoms with Crippen LogP contribution in [0.4, 0.5) is 13.2 Å². The van der Waals surface area contributed by atoms with Crippen molar-refractivity contribution >= 4 is 11.6 Å². The first kappa shape index (κ1) is 20.2. The van der Waals surface area contributed by atoms with Gasteiger partial charge in [-0.3, -0.25) is 0 Å². The minimum Gasteiger partial charge on any atom is -0.405 e. The normalized spacial score (nSPS) is 11.6. The molecule has 0 aliphatic rings. The van der Waals surface area contributed by atoms with Crippen molar-refractivity contribution in [3.63, 3.8) is 0 Å². The Morgan fingerprint density at radius 1 is 1.04 bits per heavy atom. The Morgan fingerprint density at radius 3 is 2.43 bits per heavy atom. The van der Waals surface area contributed by atoms with Gasteiger partial charge < -0.3 is 10.1 Å². The van der Waals surface area contributed by atoms with Crippen molar-refractivity contribution in [1.82, 2.24) is 15.1 Å². The number of para-hydroxylation sites is 1. The number of nitrogens with one attached hydrogen (secondary N) is 1. The smallest absolute Gasteiger partial charge is 0.405 e. The molecule has 148 valence electrons. The lowest BCUT2D eigenvalue weighted by Crippen LogP contribution is -2.20. The summed E-state index contributed by atoms with van der Waals surface area (Å²) in [5.74, 6) is -0.218. The third kappa shape index (κ3) is 5.27. The highest BCUT2D eigenvalue weighted by Crippen LogP contribution is 2.26. The van der Waals surface area contributed by atoms with E-state index in [0.29, 0.717) is 23.8 Å². The monoisotopic (exact) mass is 409 g/mol. The number of halogens is 4. The van der Waals surface area contributed by atoms with Gasteiger partial charge in [-0.1, -0.05) is 60.1 Å². The second-order valence-electron chi connectivity index (χ2n) is 6.26. The van der Waals surface area contributed by atoms with Gasteiger partial charge >= 0.3 is 6.36 Å². The fourth-order valence-corrected chi connectivity index (χ4v) is 3.15. The van der Waals surface area contributed by atoms with Gasteiger partial charge in [-0.15, -0.1) is 13.2 Å². The quantitative estimate of drug-likeness (QED) is 0.591. The number of aryl methyl sites for hydroxylation is 1. The SMILES string of the molecule is Cc1nn(Cc2ccccc2)c(Cl)c1CNCc1ccccc1OC(F)(F)F. The van der Waals surface area contributed by atoms with Gasteiger partial charge in [0.15, 0.2) is 0 Å². The molecule has 0 aliphatic heterocycles. The van der Waals surface area contributed by atoms with Gasteiger partial charge in [0.05, 0.1) is 12.2 Å². The van der Waals surface area contributed by atoms with E-state index in [1.54, 1.807) is 16.8 Å². The van der Waals surface area contributed by atoms with E-state index < -0.39 is 6.36 Å². The second-order valence-corrected chi connectivity index (χ2v) is 6.62. The number of nitrogens with zero attached hydrogens (tertiary/aromatic N) is 2. The predicted octanol–water partition coefficient (Wildman–Crippen LogP) is 5.08. The molecule has 0 atom stereocenters. The highest BCUT2D eigenvalue weighted by molar-refractivity contribution is 6.30. The molecule has 28 heavy (non-hydrogen) atoms. The van der Waals surface area contributed by atoms with Gasteiger partial charge in [0.1, 0.15) is 10.9 Å². The van der Waals surface area contributed by atoms with Crippen LogP contribution >= 0.6 is 11.6 Å². The number of hydrogen-bond acceptors (Lipinski definition) is 3. The first-order valence-corrected chi connectivity index (χ1v) is 9.01. The molecule has 1 aromatic heterocycles. The topological polar surface area (TPSA) is 39.1 Å². The number of rotatable bonds is 7. The summed E-state index contributed by atoms with van der Waals surface area (Å²) in [7, 11) is 0. The molecule has 0 radical (unpaired) electrons. The van der Waals surface area contributed by atoms with Crippen LogP contribution in [0.15, 0.2) is 54.6 Å². The lowest BCUT2D eigenvalue weighted by Gasteiger charge is -2.13. The maximum absolute atomic E-state index is 12.5. The Balaban J connectivity index is 1.66. The summed E-state index contributed by atoms with van der Waals surface area (Å²) in [4.78, 5) is 0. The number of hydrogen-bond donors (Lipinski definition) is 1. The van der Waals surface area contributed by atoms with E-state index in [2.05, 4.69) is 15.2 Å². The maximum atomic E-state index is 12.5. The van der Waals surface area contributed by atoms with E-state index in [0.717, 1.165) is 16.8 Å². The summed E-state index contributed by atoms with van der Waals surface area (Å²) in [5, 5.41) is 8.09. The fourth-order valence-electron chi connectivity index (χ4n) is 2.85. The molecule has 0 spiro atoms. The first-order valence-electron chi connectivity index (χ1n) is 8.63. The van der Waals surface area contributed by atoms with Crippen molar-refractivity contribution in [2.45, 2.75) is 32.9 Å². The average molecular weight is 410 g/mol. The zero-order valence-corrected chi connectivity index (χ0v) is 15.9. The Labute approximate surface area is 165 Å². The average Bonchev–Trinajstić information content (AvgIpc) is 2.90. The molecular formula is C20H19ClF3N3O. The van der Waals surface area contributed by atoms with Crippen LogP contribution in [0.3, 0.4) is 0 Å². The highest BCUT2D eigenvalue weighted by Gasteiger charge is 2.31. The molecule has 0 aliphatic carbocycles. The molecule has 4 nitrogen and oxygen atoms in total. The van der Waals surface area contributed by atoms with Gasteiger partial charge in [-0.2, -0.15) is 5.10 Å². The van der Waals surface area contributed by atoms with Gasteiger partial charge in [0.25, 0.3) is 0 Å². The predicted molar refractivity (Wildman–Crippen MR) is 101 cm³/mol. The Bertz CT molecular complexity index is 926. The van der Waals surface area contributed by atoms with Crippen molar-refractivity contribution < 1.29 is 17.9 Å². The Kier molecular flexibility index (Phi) is 6.26. The molecule has 0 saturated heterocycles. The van der Waals surface area contributed by atoms with E-state index in [1.165, 1.54) is 12.1 Å². The first-order chi connectivity index (χ1) is 13.3. The molecule has 0 amide bonds. The molecule has 0 saturated carbocycles. The number of ether oxygens (including phenoxy) is 1. The lowest BCUT2D eigenvalue weighted by molar-refractivity contribution is -0.274. The third-order valence-corrected chi connectivity index (χ3v) is 4.60. The molecule has 1 N–H and O–H groups in total. The molecule has 0 unspecified atom stereocenters. The van der Waals surface area contributed by atoms with E-state index in [1.807, 2.05) is 37.3 Å². The van der Waals surface area contributed by atoms with Gasteiger partial charge in [0, 0.05) is 24.2 Å². The number of alkyl halides is 3. The molecule has 8 heteroatoms. The van der Waals surface area contributed by atoms with Gasteiger partial charge in [-0.25, -0.2) is 4.68 Å². The zero-order chi connectivity index (χ0) is 20.1. The van der Waals surface area contributed by atoms with Crippen molar-refractivity contribution in [3.05, 3.63) is 82.1 Å². The molecule has 3 rings (SSSR count). The standard InChI is InChI=1S/C20H19ClF3N3O/c1-14-17(19(21)27(26-14)13-15-7-3-2-4-8-15)12-25-11-16-9-5-6-10-18(16)28-20(22,23)24/h2-10,25H,11-13H2,1H3. The van der Waals surface area contributed by atoms with E-state index in [-0.39, 0.29) is 12.3 Å². The molecule has 0 bridgehead atoms. The minimum absolute atomic E-state index is 0.200. The summed E-state index contributed by atoms with van der Waals surface area (Å²) in [6.45, 7) is 2.97. The Morgan fingerprint density at radius 2 is 1.71 bits per heavy atom. The molecular weight excluding hydrogens is 391 g/mol.